The number of benzene rings is 1. The van der Waals surface area contributed by atoms with Gasteiger partial charge in [0.05, 0.1) is 25.0 Å². The molecule has 4 aromatic rings. The van der Waals surface area contributed by atoms with E-state index in [1.54, 1.807) is 10.7 Å². The first-order valence-corrected chi connectivity index (χ1v) is 10.8. The van der Waals surface area contributed by atoms with Gasteiger partial charge in [-0.2, -0.15) is 10.2 Å². The van der Waals surface area contributed by atoms with Gasteiger partial charge in [-0.1, -0.05) is 23.7 Å². The molecule has 0 aliphatic heterocycles. The van der Waals surface area contributed by atoms with E-state index in [9.17, 15) is 4.79 Å². The van der Waals surface area contributed by atoms with E-state index in [-0.39, 0.29) is 11.9 Å². The van der Waals surface area contributed by atoms with Gasteiger partial charge in [0.25, 0.3) is 5.91 Å². The van der Waals surface area contributed by atoms with Gasteiger partial charge >= 0.3 is 0 Å². The Morgan fingerprint density at radius 3 is 2.81 bits per heavy atom. The summed E-state index contributed by atoms with van der Waals surface area (Å²) in [7, 11) is 0. The van der Waals surface area contributed by atoms with Crippen molar-refractivity contribution in [2.24, 2.45) is 0 Å². The summed E-state index contributed by atoms with van der Waals surface area (Å²) in [4.78, 5) is 17.6. The van der Waals surface area contributed by atoms with Gasteiger partial charge in [-0.3, -0.25) is 9.48 Å². The maximum absolute atomic E-state index is 13.1. The van der Waals surface area contributed by atoms with Crippen LogP contribution in [0.1, 0.15) is 57.5 Å². The zero-order valence-electron chi connectivity index (χ0n) is 17.5. The van der Waals surface area contributed by atoms with Gasteiger partial charge in [0.15, 0.2) is 5.65 Å². The number of fused-ring (bicyclic) bond motifs is 2. The van der Waals surface area contributed by atoms with Gasteiger partial charge in [0.2, 0.25) is 0 Å². The van der Waals surface area contributed by atoms with Crippen molar-refractivity contribution in [3.8, 4) is 0 Å². The highest BCUT2D eigenvalue weighted by Gasteiger charge is 2.27. The minimum atomic E-state index is -0.157. The fourth-order valence-corrected chi connectivity index (χ4v) is 4.46. The van der Waals surface area contributed by atoms with Gasteiger partial charge in [0.1, 0.15) is 5.56 Å². The van der Waals surface area contributed by atoms with Crippen LogP contribution in [0.5, 0.6) is 0 Å². The van der Waals surface area contributed by atoms with E-state index in [1.165, 1.54) is 5.69 Å². The number of nitrogens with zero attached hydrogens (tertiary/aromatic N) is 5. The minimum Gasteiger partial charge on any atom is -0.345 e. The average Bonchev–Trinajstić information content (AvgIpc) is 3.35. The molecule has 0 bridgehead atoms. The molecule has 1 aromatic carbocycles. The number of aryl methyl sites for hydroxylation is 2. The van der Waals surface area contributed by atoms with Crippen molar-refractivity contribution in [2.75, 3.05) is 0 Å². The number of hydrogen-bond acceptors (Lipinski definition) is 4. The molecule has 0 fully saturated rings. The first kappa shape index (κ1) is 19.8. The lowest BCUT2D eigenvalue weighted by molar-refractivity contribution is 0.0934. The molecule has 7 nitrogen and oxygen atoms in total. The molecule has 1 aliphatic rings. The lowest BCUT2D eigenvalue weighted by Crippen LogP contribution is -2.31. The summed E-state index contributed by atoms with van der Waals surface area (Å²) in [5, 5.41) is 12.9. The Hall–Kier alpha value is -3.19. The Bertz CT molecular complexity index is 1270. The number of carbonyl (C=O) groups excluding carboxylic acids is 1. The Balaban J connectivity index is 1.39. The average molecular weight is 435 g/mol. The van der Waals surface area contributed by atoms with Crippen LogP contribution >= 0.6 is 11.6 Å². The van der Waals surface area contributed by atoms with Crippen LogP contribution in [0.3, 0.4) is 0 Å². The van der Waals surface area contributed by atoms with E-state index < -0.39 is 0 Å². The van der Waals surface area contributed by atoms with Crippen LogP contribution in [-0.4, -0.2) is 30.3 Å². The molecule has 158 valence electrons. The lowest BCUT2D eigenvalue weighted by Gasteiger charge is -2.24. The van der Waals surface area contributed by atoms with Crippen LogP contribution in [0.2, 0.25) is 5.02 Å². The van der Waals surface area contributed by atoms with Crippen molar-refractivity contribution in [1.82, 2.24) is 29.7 Å². The number of amides is 1. The second kappa shape index (κ2) is 7.81. The largest absolute Gasteiger partial charge is 0.345 e. The number of nitrogens with one attached hydrogen (secondary N) is 1. The number of aromatic nitrogens is 5. The summed E-state index contributed by atoms with van der Waals surface area (Å²) in [5.41, 5.74) is 6.30. The molecule has 1 N–H and O–H groups in total. The molecule has 0 saturated heterocycles. The van der Waals surface area contributed by atoms with E-state index in [1.807, 2.05) is 55.1 Å². The molecule has 31 heavy (non-hydrogen) atoms. The van der Waals surface area contributed by atoms with Crippen LogP contribution in [0.4, 0.5) is 0 Å². The summed E-state index contributed by atoms with van der Waals surface area (Å²) in [6.45, 7) is 4.56. The number of rotatable bonds is 4. The Kier molecular flexibility index (Phi) is 4.98. The predicted molar refractivity (Wildman–Crippen MR) is 118 cm³/mol. The molecule has 1 atom stereocenters. The highest BCUT2D eigenvalue weighted by atomic mass is 35.5. The van der Waals surface area contributed by atoms with Gasteiger partial charge in [-0.15, -0.1) is 0 Å². The highest BCUT2D eigenvalue weighted by Crippen LogP contribution is 2.30. The van der Waals surface area contributed by atoms with Crippen molar-refractivity contribution in [2.45, 2.75) is 45.7 Å². The highest BCUT2D eigenvalue weighted by molar-refractivity contribution is 6.30. The van der Waals surface area contributed by atoms with Crippen LogP contribution in [0.15, 0.2) is 42.7 Å². The second-order valence-corrected chi connectivity index (χ2v) is 8.52. The Morgan fingerprint density at radius 2 is 2.00 bits per heavy atom. The minimum absolute atomic E-state index is 0.0731. The van der Waals surface area contributed by atoms with Crippen LogP contribution in [0.25, 0.3) is 5.65 Å². The third-order valence-corrected chi connectivity index (χ3v) is 6.09. The smallest absolute Gasteiger partial charge is 0.257 e. The third kappa shape index (κ3) is 3.70. The molecule has 1 aliphatic carbocycles. The van der Waals surface area contributed by atoms with E-state index in [4.69, 9.17) is 11.6 Å². The topological polar surface area (TPSA) is 77.1 Å². The van der Waals surface area contributed by atoms with Crippen LogP contribution in [0, 0.1) is 13.8 Å². The normalized spacial score (nSPS) is 15.8. The van der Waals surface area contributed by atoms with E-state index >= 15 is 0 Å². The molecular weight excluding hydrogens is 412 g/mol. The van der Waals surface area contributed by atoms with E-state index in [2.05, 4.69) is 20.5 Å². The summed E-state index contributed by atoms with van der Waals surface area (Å²) in [5.74, 6) is -0.157. The molecule has 1 unspecified atom stereocenters. The number of hydrogen-bond donors (Lipinski definition) is 1. The molecule has 3 aromatic heterocycles. The standard InChI is InChI=1S/C23H23ClN6O/c1-14-10-15(2)30-22(27-14)19(12-26-30)23(31)28-20-4-3-5-21-18(20)11-25-29(21)13-16-6-8-17(24)9-7-16/h6-12,20H,3-5,13H2,1-2H3,(H,28,31). The molecule has 5 rings (SSSR count). The Labute approximate surface area is 185 Å². The van der Waals surface area contributed by atoms with Crippen molar-refractivity contribution >= 4 is 23.2 Å². The quantitative estimate of drug-likeness (QED) is 0.525. The van der Waals surface area contributed by atoms with Crippen molar-refractivity contribution in [1.29, 1.82) is 0 Å². The summed E-state index contributed by atoms with van der Waals surface area (Å²) >= 11 is 6.00. The van der Waals surface area contributed by atoms with Gasteiger partial charge < -0.3 is 5.32 Å². The molecule has 0 spiro atoms. The lowest BCUT2D eigenvalue weighted by atomic mass is 9.92. The van der Waals surface area contributed by atoms with Crippen molar-refractivity contribution in [3.63, 3.8) is 0 Å². The summed E-state index contributed by atoms with van der Waals surface area (Å²) < 4.78 is 3.73. The first-order chi connectivity index (χ1) is 15.0. The number of halogens is 1. The molecule has 0 radical (unpaired) electrons. The fraction of sp³-hybridized carbons (Fsp3) is 0.304. The van der Waals surface area contributed by atoms with Crippen molar-refractivity contribution < 1.29 is 4.79 Å². The summed E-state index contributed by atoms with van der Waals surface area (Å²) in [6.07, 6.45) is 6.31. The summed E-state index contributed by atoms with van der Waals surface area (Å²) in [6, 6.07) is 9.69. The zero-order valence-corrected chi connectivity index (χ0v) is 18.2. The second-order valence-electron chi connectivity index (χ2n) is 8.08. The maximum Gasteiger partial charge on any atom is 0.257 e. The first-order valence-electron chi connectivity index (χ1n) is 10.4. The van der Waals surface area contributed by atoms with Gasteiger partial charge in [0, 0.05) is 27.7 Å². The van der Waals surface area contributed by atoms with E-state index in [0.717, 1.165) is 46.8 Å². The molecular formula is C23H23ClN6O. The van der Waals surface area contributed by atoms with Crippen molar-refractivity contribution in [3.05, 3.63) is 81.5 Å². The molecule has 8 heteroatoms. The molecule has 3 heterocycles. The van der Waals surface area contributed by atoms with Gasteiger partial charge in [-0.25, -0.2) is 9.50 Å². The Morgan fingerprint density at radius 1 is 1.19 bits per heavy atom. The predicted octanol–water partition coefficient (Wildman–Crippen LogP) is 4.05. The van der Waals surface area contributed by atoms with Gasteiger partial charge in [-0.05, 0) is 56.9 Å². The number of carbonyl (C=O) groups is 1. The fourth-order valence-electron chi connectivity index (χ4n) is 4.33. The monoisotopic (exact) mass is 434 g/mol. The van der Waals surface area contributed by atoms with E-state index in [0.29, 0.717) is 17.8 Å². The van der Waals surface area contributed by atoms with Crippen LogP contribution < -0.4 is 5.32 Å². The maximum atomic E-state index is 13.1. The zero-order chi connectivity index (χ0) is 21.5. The van der Waals surface area contributed by atoms with Crippen LogP contribution in [-0.2, 0) is 13.0 Å². The molecule has 0 saturated carbocycles. The third-order valence-electron chi connectivity index (χ3n) is 5.84. The molecule has 1 amide bonds. The SMILES string of the molecule is Cc1cc(C)n2ncc(C(=O)NC3CCCc4c3cnn4Cc3ccc(Cl)cc3)c2n1.